The number of pyridine rings is 1. The molecule has 2 aromatic rings. The van der Waals surface area contributed by atoms with Crippen LogP contribution in [-0.4, -0.2) is 21.0 Å². The molecule has 102 valence electrons. The predicted octanol–water partition coefficient (Wildman–Crippen LogP) is 2.98. The van der Waals surface area contributed by atoms with Gasteiger partial charge >= 0.3 is 5.97 Å². The largest absolute Gasteiger partial charge is 0.478 e. The van der Waals surface area contributed by atoms with Crippen LogP contribution in [0.3, 0.4) is 0 Å². The van der Waals surface area contributed by atoms with Crippen molar-refractivity contribution >= 4 is 23.4 Å². The zero-order valence-corrected chi connectivity index (χ0v) is 11.0. The van der Waals surface area contributed by atoms with Crippen molar-refractivity contribution in [1.82, 2.24) is 4.98 Å². The zero-order valence-electron chi connectivity index (χ0n) is 10.2. The number of nitro benzene ring substituents is 1. The van der Waals surface area contributed by atoms with Crippen LogP contribution in [0.4, 0.5) is 5.69 Å². The maximum absolute atomic E-state index is 11.0. The Morgan fingerprint density at radius 1 is 1.30 bits per heavy atom. The molecule has 7 heteroatoms. The van der Waals surface area contributed by atoms with Gasteiger partial charge in [-0.15, -0.1) is 11.8 Å². The van der Waals surface area contributed by atoms with Crippen molar-refractivity contribution in [2.75, 3.05) is 0 Å². The molecule has 0 aliphatic carbocycles. The van der Waals surface area contributed by atoms with Crippen molar-refractivity contribution in [3.05, 3.63) is 63.8 Å². The van der Waals surface area contributed by atoms with Crippen LogP contribution < -0.4 is 0 Å². The van der Waals surface area contributed by atoms with Gasteiger partial charge in [0.2, 0.25) is 0 Å². The highest BCUT2D eigenvalue weighted by Gasteiger charge is 2.11. The Kier molecular flexibility index (Phi) is 4.31. The number of benzene rings is 1. The summed E-state index contributed by atoms with van der Waals surface area (Å²) in [5, 5.41) is 20.0. The molecule has 0 amide bonds. The Balaban J connectivity index is 2.09. The minimum absolute atomic E-state index is 0.0304. The summed E-state index contributed by atoms with van der Waals surface area (Å²) in [4.78, 5) is 25.1. The summed E-state index contributed by atoms with van der Waals surface area (Å²) in [7, 11) is 0. The highest BCUT2D eigenvalue weighted by Crippen LogP contribution is 2.25. The third-order valence-electron chi connectivity index (χ3n) is 2.52. The van der Waals surface area contributed by atoms with Gasteiger partial charge in [-0.1, -0.05) is 12.1 Å². The number of hydrogen-bond acceptors (Lipinski definition) is 5. The lowest BCUT2D eigenvalue weighted by Gasteiger charge is -2.04. The third-order valence-corrected chi connectivity index (χ3v) is 3.60. The van der Waals surface area contributed by atoms with Gasteiger partial charge in [0.15, 0.2) is 0 Å². The normalized spacial score (nSPS) is 10.2. The van der Waals surface area contributed by atoms with Crippen LogP contribution in [0, 0.1) is 10.1 Å². The number of thioether (sulfide) groups is 1. The van der Waals surface area contributed by atoms with Gasteiger partial charge in [-0.3, -0.25) is 10.1 Å². The van der Waals surface area contributed by atoms with E-state index in [1.807, 2.05) is 0 Å². The summed E-state index contributed by atoms with van der Waals surface area (Å²) in [5.41, 5.74) is 1.05. The molecular formula is C13H10N2O4S. The first kappa shape index (κ1) is 14.0. The second kappa shape index (κ2) is 6.16. The average molecular weight is 290 g/mol. The minimum Gasteiger partial charge on any atom is -0.478 e. The standard InChI is InChI=1S/C13H10N2O4S/c16-13(17)11-2-1-7-14-12(11)20-8-9-3-5-10(6-4-9)15(18)19/h1-7H,8H2,(H,16,17). The number of nitrogens with zero attached hydrogens (tertiary/aromatic N) is 2. The Morgan fingerprint density at radius 2 is 2.00 bits per heavy atom. The number of carbonyl (C=O) groups is 1. The van der Waals surface area contributed by atoms with Gasteiger partial charge in [-0.2, -0.15) is 0 Å². The summed E-state index contributed by atoms with van der Waals surface area (Å²) in [5.74, 6) is -0.528. The van der Waals surface area contributed by atoms with E-state index >= 15 is 0 Å². The molecule has 0 unspecified atom stereocenters. The van der Waals surface area contributed by atoms with Gasteiger partial charge in [-0.05, 0) is 17.7 Å². The van der Waals surface area contributed by atoms with E-state index in [4.69, 9.17) is 5.11 Å². The lowest BCUT2D eigenvalue weighted by Crippen LogP contribution is -2.00. The van der Waals surface area contributed by atoms with Crippen molar-refractivity contribution in [1.29, 1.82) is 0 Å². The molecule has 0 spiro atoms. The number of carboxylic acids is 1. The Morgan fingerprint density at radius 3 is 2.60 bits per heavy atom. The van der Waals surface area contributed by atoms with Crippen LogP contribution in [0.25, 0.3) is 0 Å². The molecule has 0 saturated heterocycles. The lowest BCUT2D eigenvalue weighted by molar-refractivity contribution is -0.384. The van der Waals surface area contributed by atoms with Gasteiger partial charge in [0.25, 0.3) is 5.69 Å². The van der Waals surface area contributed by atoms with Crippen LogP contribution in [0.2, 0.25) is 0 Å². The third kappa shape index (κ3) is 3.33. The Bertz CT molecular complexity index is 643. The van der Waals surface area contributed by atoms with Gasteiger partial charge < -0.3 is 5.11 Å². The first-order valence-corrected chi connectivity index (χ1v) is 6.61. The average Bonchev–Trinajstić information content (AvgIpc) is 2.45. The fraction of sp³-hybridized carbons (Fsp3) is 0.0769. The first-order valence-electron chi connectivity index (χ1n) is 5.62. The fourth-order valence-corrected chi connectivity index (χ4v) is 2.48. The number of rotatable bonds is 5. The maximum Gasteiger partial charge on any atom is 0.338 e. The van der Waals surface area contributed by atoms with E-state index in [1.165, 1.54) is 36.2 Å². The van der Waals surface area contributed by atoms with Crippen molar-refractivity contribution in [2.45, 2.75) is 10.8 Å². The predicted molar refractivity (Wildman–Crippen MR) is 73.9 cm³/mol. The molecule has 1 heterocycles. The number of nitro groups is 1. The molecule has 2 rings (SSSR count). The summed E-state index contributed by atoms with van der Waals surface area (Å²) in [6.45, 7) is 0. The zero-order chi connectivity index (χ0) is 14.5. The first-order chi connectivity index (χ1) is 9.58. The summed E-state index contributed by atoms with van der Waals surface area (Å²) in [6.07, 6.45) is 1.53. The second-order valence-electron chi connectivity index (χ2n) is 3.87. The fourth-order valence-electron chi connectivity index (χ4n) is 1.53. The van der Waals surface area contributed by atoms with Crippen LogP contribution in [0.1, 0.15) is 15.9 Å². The number of hydrogen-bond donors (Lipinski definition) is 1. The van der Waals surface area contributed by atoms with E-state index < -0.39 is 10.9 Å². The molecule has 0 radical (unpaired) electrons. The molecule has 0 saturated carbocycles. The van der Waals surface area contributed by atoms with Crippen LogP contribution in [0.15, 0.2) is 47.6 Å². The summed E-state index contributed by atoms with van der Waals surface area (Å²) < 4.78 is 0. The van der Waals surface area contributed by atoms with Crippen molar-refractivity contribution in [2.24, 2.45) is 0 Å². The van der Waals surface area contributed by atoms with Crippen molar-refractivity contribution < 1.29 is 14.8 Å². The van der Waals surface area contributed by atoms with Gasteiger partial charge in [0, 0.05) is 24.1 Å². The summed E-state index contributed by atoms with van der Waals surface area (Å²) >= 11 is 1.28. The van der Waals surface area contributed by atoms with Crippen LogP contribution in [0.5, 0.6) is 0 Å². The van der Waals surface area contributed by atoms with E-state index in [9.17, 15) is 14.9 Å². The maximum atomic E-state index is 11.0. The lowest BCUT2D eigenvalue weighted by atomic mass is 10.2. The minimum atomic E-state index is -1.02. The number of aromatic carboxylic acids is 1. The van der Waals surface area contributed by atoms with Crippen LogP contribution in [-0.2, 0) is 5.75 Å². The molecule has 0 bridgehead atoms. The highest BCUT2D eigenvalue weighted by molar-refractivity contribution is 7.98. The molecule has 0 atom stereocenters. The quantitative estimate of drug-likeness (QED) is 0.517. The molecular weight excluding hydrogens is 280 g/mol. The van der Waals surface area contributed by atoms with Gasteiger partial charge in [0.1, 0.15) is 5.03 Å². The van der Waals surface area contributed by atoms with E-state index in [0.29, 0.717) is 10.8 Å². The highest BCUT2D eigenvalue weighted by atomic mass is 32.2. The molecule has 6 nitrogen and oxygen atoms in total. The Labute approximate surface area is 118 Å². The Hall–Kier alpha value is -2.41. The number of aromatic nitrogens is 1. The molecule has 0 aliphatic heterocycles. The van der Waals surface area contributed by atoms with E-state index in [-0.39, 0.29) is 11.3 Å². The molecule has 1 aromatic heterocycles. The van der Waals surface area contributed by atoms with Gasteiger partial charge in [-0.25, -0.2) is 9.78 Å². The summed E-state index contributed by atoms with van der Waals surface area (Å²) in [6, 6.07) is 9.20. The monoisotopic (exact) mass is 290 g/mol. The van der Waals surface area contributed by atoms with E-state index in [2.05, 4.69) is 4.98 Å². The second-order valence-corrected chi connectivity index (χ2v) is 4.84. The number of non-ortho nitro benzene ring substituents is 1. The number of carboxylic acid groups (broad SMARTS) is 1. The molecule has 20 heavy (non-hydrogen) atoms. The molecule has 0 aliphatic rings. The van der Waals surface area contributed by atoms with E-state index in [0.717, 1.165) is 5.56 Å². The van der Waals surface area contributed by atoms with Crippen LogP contribution >= 0.6 is 11.8 Å². The van der Waals surface area contributed by atoms with Crippen molar-refractivity contribution in [3.8, 4) is 0 Å². The molecule has 1 N–H and O–H groups in total. The smallest absolute Gasteiger partial charge is 0.338 e. The van der Waals surface area contributed by atoms with Gasteiger partial charge in [0.05, 0.1) is 10.5 Å². The molecule has 0 fully saturated rings. The molecule has 1 aromatic carbocycles. The van der Waals surface area contributed by atoms with Crippen molar-refractivity contribution in [3.63, 3.8) is 0 Å². The topological polar surface area (TPSA) is 93.3 Å². The van der Waals surface area contributed by atoms with E-state index in [1.54, 1.807) is 18.2 Å². The SMILES string of the molecule is O=C(O)c1cccnc1SCc1ccc([N+](=O)[O-])cc1.